The van der Waals surface area contributed by atoms with Crippen molar-refractivity contribution in [2.75, 3.05) is 5.32 Å². The van der Waals surface area contributed by atoms with Crippen molar-refractivity contribution in [3.05, 3.63) is 48.0 Å². The lowest BCUT2D eigenvalue weighted by atomic mass is 10.2. The van der Waals surface area contributed by atoms with Crippen LogP contribution in [-0.4, -0.2) is 21.0 Å². The molecule has 0 saturated carbocycles. The molecule has 0 aliphatic carbocycles. The summed E-state index contributed by atoms with van der Waals surface area (Å²) >= 11 is 0. The normalized spacial score (nSPS) is 9.94. The van der Waals surface area contributed by atoms with Crippen LogP contribution >= 0.6 is 0 Å². The highest BCUT2D eigenvalue weighted by Crippen LogP contribution is 2.24. The zero-order chi connectivity index (χ0) is 12.3. The first-order valence-corrected chi connectivity index (χ1v) is 5.04. The Kier molecular flexibility index (Phi) is 3.00. The maximum Gasteiger partial charge on any atom is 0.275 e. The van der Waals surface area contributed by atoms with Gasteiger partial charge < -0.3 is 10.4 Å². The molecule has 0 unspecified atom stereocenters. The van der Waals surface area contributed by atoms with E-state index in [0.717, 1.165) is 5.56 Å². The van der Waals surface area contributed by atoms with E-state index in [4.69, 9.17) is 0 Å². The largest absolute Gasteiger partial charge is 0.506 e. The third kappa shape index (κ3) is 2.57. The van der Waals surface area contributed by atoms with Gasteiger partial charge in [0, 0.05) is 12.4 Å². The number of phenols is 1. The summed E-state index contributed by atoms with van der Waals surface area (Å²) in [5.41, 5.74) is 1.47. The van der Waals surface area contributed by atoms with Gasteiger partial charge in [-0.3, -0.25) is 9.78 Å². The van der Waals surface area contributed by atoms with Crippen LogP contribution in [-0.2, 0) is 0 Å². The minimum atomic E-state index is -0.405. The van der Waals surface area contributed by atoms with Gasteiger partial charge >= 0.3 is 0 Å². The molecular formula is C12H11N3O2. The summed E-state index contributed by atoms with van der Waals surface area (Å²) in [6.45, 7) is 1.86. The summed E-state index contributed by atoms with van der Waals surface area (Å²) in [7, 11) is 0. The zero-order valence-electron chi connectivity index (χ0n) is 9.21. The summed E-state index contributed by atoms with van der Waals surface area (Å²) in [5.74, 6) is -0.375. The second-order valence-corrected chi connectivity index (χ2v) is 3.57. The molecule has 0 fully saturated rings. The van der Waals surface area contributed by atoms with Crippen molar-refractivity contribution < 1.29 is 9.90 Å². The number of anilines is 1. The molecule has 5 heteroatoms. The van der Waals surface area contributed by atoms with Gasteiger partial charge in [0.05, 0.1) is 11.9 Å². The molecule has 1 amide bonds. The highest BCUT2D eigenvalue weighted by atomic mass is 16.3. The smallest absolute Gasteiger partial charge is 0.275 e. The fourth-order valence-electron chi connectivity index (χ4n) is 1.35. The van der Waals surface area contributed by atoms with Crippen LogP contribution < -0.4 is 5.32 Å². The van der Waals surface area contributed by atoms with Crippen LogP contribution in [0.15, 0.2) is 36.8 Å². The van der Waals surface area contributed by atoms with E-state index in [0.29, 0.717) is 5.69 Å². The third-order valence-electron chi connectivity index (χ3n) is 2.20. The van der Waals surface area contributed by atoms with Crippen LogP contribution in [0.25, 0.3) is 0 Å². The molecule has 2 aromatic rings. The second-order valence-electron chi connectivity index (χ2n) is 3.57. The van der Waals surface area contributed by atoms with E-state index in [1.54, 1.807) is 18.2 Å². The van der Waals surface area contributed by atoms with Gasteiger partial charge in [0.15, 0.2) is 0 Å². The maximum absolute atomic E-state index is 11.7. The number of carbonyl (C=O) groups is 1. The van der Waals surface area contributed by atoms with E-state index in [-0.39, 0.29) is 11.4 Å². The number of amides is 1. The molecule has 2 N–H and O–H groups in total. The van der Waals surface area contributed by atoms with Crippen LogP contribution in [0.4, 0.5) is 5.69 Å². The Labute approximate surface area is 98.2 Å². The Bertz CT molecular complexity index is 541. The summed E-state index contributed by atoms with van der Waals surface area (Å²) < 4.78 is 0. The molecule has 1 heterocycles. The molecule has 0 radical (unpaired) electrons. The van der Waals surface area contributed by atoms with Gasteiger partial charge in [-0.25, -0.2) is 4.98 Å². The van der Waals surface area contributed by atoms with Crippen LogP contribution in [0.5, 0.6) is 5.75 Å². The van der Waals surface area contributed by atoms with E-state index >= 15 is 0 Å². The van der Waals surface area contributed by atoms with Crippen molar-refractivity contribution in [1.82, 2.24) is 9.97 Å². The van der Waals surface area contributed by atoms with Crippen LogP contribution in [0.2, 0.25) is 0 Å². The molecule has 0 saturated heterocycles. The third-order valence-corrected chi connectivity index (χ3v) is 2.20. The van der Waals surface area contributed by atoms with E-state index in [1.165, 1.54) is 18.6 Å². The van der Waals surface area contributed by atoms with Gasteiger partial charge in [0.25, 0.3) is 5.91 Å². The molecule has 2 rings (SSSR count). The standard InChI is InChI=1S/C12H11N3O2/c1-8-2-3-9(11(16)6-8)15-12(17)10-7-13-4-5-14-10/h2-7,16H,1H3,(H,15,17). The summed E-state index contributed by atoms with van der Waals surface area (Å²) in [4.78, 5) is 19.4. The van der Waals surface area contributed by atoms with Crippen molar-refractivity contribution >= 4 is 11.6 Å². The highest BCUT2D eigenvalue weighted by Gasteiger charge is 2.09. The average molecular weight is 229 g/mol. The molecule has 5 nitrogen and oxygen atoms in total. The van der Waals surface area contributed by atoms with Gasteiger partial charge in [-0.1, -0.05) is 6.07 Å². The lowest BCUT2D eigenvalue weighted by Gasteiger charge is -2.06. The van der Waals surface area contributed by atoms with Crippen LogP contribution in [0, 0.1) is 6.92 Å². The topological polar surface area (TPSA) is 75.1 Å². The molecule has 0 aliphatic heterocycles. The van der Waals surface area contributed by atoms with Gasteiger partial charge in [-0.15, -0.1) is 0 Å². The van der Waals surface area contributed by atoms with Crippen molar-refractivity contribution in [2.24, 2.45) is 0 Å². The molecule has 1 aromatic heterocycles. The van der Waals surface area contributed by atoms with E-state index in [9.17, 15) is 9.90 Å². The fraction of sp³-hybridized carbons (Fsp3) is 0.0833. The second kappa shape index (κ2) is 4.61. The first-order chi connectivity index (χ1) is 8.16. The lowest BCUT2D eigenvalue weighted by Crippen LogP contribution is -2.13. The molecule has 1 aromatic carbocycles. The predicted octanol–water partition coefficient (Wildman–Crippen LogP) is 1.74. The Balaban J connectivity index is 2.19. The van der Waals surface area contributed by atoms with Gasteiger partial charge in [-0.2, -0.15) is 0 Å². The molecule has 0 spiro atoms. The number of benzene rings is 1. The van der Waals surface area contributed by atoms with Crippen molar-refractivity contribution in [2.45, 2.75) is 6.92 Å². The molecule has 0 bridgehead atoms. The number of aromatic hydroxyl groups is 1. The predicted molar refractivity (Wildman–Crippen MR) is 62.8 cm³/mol. The average Bonchev–Trinajstić information content (AvgIpc) is 2.34. The quantitative estimate of drug-likeness (QED) is 0.769. The number of aryl methyl sites for hydroxylation is 1. The Morgan fingerprint density at radius 3 is 2.82 bits per heavy atom. The molecule has 0 atom stereocenters. The first kappa shape index (κ1) is 11.1. The van der Waals surface area contributed by atoms with Crippen molar-refractivity contribution in [3.8, 4) is 5.75 Å². The number of carbonyl (C=O) groups excluding carboxylic acids is 1. The molecule has 86 valence electrons. The van der Waals surface area contributed by atoms with Gasteiger partial charge in [0.1, 0.15) is 11.4 Å². The number of phenolic OH excluding ortho intramolecular Hbond substituents is 1. The number of nitrogens with one attached hydrogen (secondary N) is 1. The number of nitrogens with zero attached hydrogens (tertiary/aromatic N) is 2. The number of aromatic nitrogens is 2. The van der Waals surface area contributed by atoms with E-state index in [1.807, 2.05) is 6.92 Å². The summed E-state index contributed by atoms with van der Waals surface area (Å²) in [5, 5.41) is 12.2. The van der Waals surface area contributed by atoms with Crippen LogP contribution in [0.1, 0.15) is 16.1 Å². The van der Waals surface area contributed by atoms with Crippen molar-refractivity contribution in [1.29, 1.82) is 0 Å². The van der Waals surface area contributed by atoms with Gasteiger partial charge in [-0.05, 0) is 24.6 Å². The first-order valence-electron chi connectivity index (χ1n) is 5.04. The summed E-state index contributed by atoms with van der Waals surface area (Å²) in [6.07, 6.45) is 4.28. The highest BCUT2D eigenvalue weighted by molar-refractivity contribution is 6.03. The Hall–Kier alpha value is -2.43. The number of hydrogen-bond acceptors (Lipinski definition) is 4. The fourth-order valence-corrected chi connectivity index (χ4v) is 1.35. The number of rotatable bonds is 2. The SMILES string of the molecule is Cc1ccc(NC(=O)c2cnccn2)c(O)c1. The minimum absolute atomic E-state index is 0.0299. The lowest BCUT2D eigenvalue weighted by molar-refractivity contribution is 0.102. The van der Waals surface area contributed by atoms with Gasteiger partial charge in [0.2, 0.25) is 0 Å². The summed E-state index contributed by atoms with van der Waals surface area (Å²) in [6, 6.07) is 5.01. The number of hydrogen-bond donors (Lipinski definition) is 2. The maximum atomic E-state index is 11.7. The molecule has 0 aliphatic rings. The molecular weight excluding hydrogens is 218 g/mol. The zero-order valence-corrected chi connectivity index (χ0v) is 9.21. The monoisotopic (exact) mass is 229 g/mol. The van der Waals surface area contributed by atoms with E-state index < -0.39 is 5.91 Å². The minimum Gasteiger partial charge on any atom is -0.506 e. The van der Waals surface area contributed by atoms with E-state index in [2.05, 4.69) is 15.3 Å². The van der Waals surface area contributed by atoms with Crippen molar-refractivity contribution in [3.63, 3.8) is 0 Å². The molecule has 17 heavy (non-hydrogen) atoms. The Morgan fingerprint density at radius 1 is 1.35 bits per heavy atom. The van der Waals surface area contributed by atoms with Crippen LogP contribution in [0.3, 0.4) is 0 Å². The Morgan fingerprint density at radius 2 is 2.18 bits per heavy atom.